The van der Waals surface area contributed by atoms with Crippen LogP contribution >= 0.6 is 0 Å². The molecule has 0 saturated heterocycles. The molecule has 2 aromatic rings. The highest BCUT2D eigenvalue weighted by molar-refractivity contribution is 5.83. The van der Waals surface area contributed by atoms with Crippen LogP contribution in [0.5, 0.6) is 0 Å². The summed E-state index contributed by atoms with van der Waals surface area (Å²) >= 11 is 0. The normalized spacial score (nSPS) is 14.5. The van der Waals surface area contributed by atoms with Gasteiger partial charge in [0.1, 0.15) is 0 Å². The number of fused-ring (bicyclic) bond motifs is 1. The first-order valence-corrected chi connectivity index (χ1v) is 8.01. The average molecular weight is 285 g/mol. The van der Waals surface area contributed by atoms with Gasteiger partial charge in [0.05, 0.1) is 12.1 Å². The highest BCUT2D eigenvalue weighted by Gasteiger charge is 2.25. The Labute approximate surface area is 128 Å². The van der Waals surface area contributed by atoms with Crippen molar-refractivity contribution in [1.29, 1.82) is 0 Å². The minimum atomic E-state index is 0.191. The first-order valence-electron chi connectivity index (χ1n) is 8.01. The van der Waals surface area contributed by atoms with Crippen molar-refractivity contribution in [3.8, 4) is 0 Å². The molecule has 0 aliphatic rings. The highest BCUT2D eigenvalue weighted by Crippen LogP contribution is 2.27. The van der Waals surface area contributed by atoms with Gasteiger partial charge in [-0.2, -0.15) is 0 Å². The summed E-state index contributed by atoms with van der Waals surface area (Å²) in [4.78, 5) is 0. The van der Waals surface area contributed by atoms with Gasteiger partial charge in [-0.1, -0.05) is 57.2 Å². The van der Waals surface area contributed by atoms with Crippen molar-refractivity contribution in [2.45, 2.75) is 39.8 Å². The molecule has 1 N–H and O–H groups in total. The molecule has 2 heteroatoms. The van der Waals surface area contributed by atoms with Crippen LogP contribution in [0.4, 0.5) is 0 Å². The summed E-state index contributed by atoms with van der Waals surface area (Å²) in [5, 5.41) is 6.18. The van der Waals surface area contributed by atoms with Crippen LogP contribution < -0.4 is 5.32 Å². The van der Waals surface area contributed by atoms with Gasteiger partial charge in [0.25, 0.3) is 0 Å². The molecule has 21 heavy (non-hydrogen) atoms. The number of hydrogen-bond donors (Lipinski definition) is 1. The number of rotatable bonds is 7. The summed E-state index contributed by atoms with van der Waals surface area (Å²) in [7, 11) is 0. The van der Waals surface area contributed by atoms with Crippen LogP contribution in [0.3, 0.4) is 0 Å². The minimum Gasteiger partial charge on any atom is -0.376 e. The van der Waals surface area contributed by atoms with Crippen molar-refractivity contribution < 1.29 is 4.74 Å². The zero-order chi connectivity index (χ0) is 15.2. The number of nitrogens with one attached hydrogen (secondary N) is 1. The number of ether oxygens (including phenoxy) is 1. The Morgan fingerprint density at radius 2 is 1.71 bits per heavy atom. The predicted molar refractivity (Wildman–Crippen MR) is 90.6 cm³/mol. The van der Waals surface area contributed by atoms with E-state index in [0.29, 0.717) is 5.92 Å². The van der Waals surface area contributed by atoms with Crippen LogP contribution in [0.1, 0.15) is 39.3 Å². The summed E-state index contributed by atoms with van der Waals surface area (Å²) in [6.45, 7) is 10.4. The summed E-state index contributed by atoms with van der Waals surface area (Å²) in [5.41, 5.74) is 1.31. The van der Waals surface area contributed by atoms with Crippen LogP contribution in [-0.2, 0) is 4.74 Å². The Kier molecular flexibility index (Phi) is 5.77. The van der Waals surface area contributed by atoms with Crippen molar-refractivity contribution in [2.75, 3.05) is 13.2 Å². The molecule has 114 valence electrons. The van der Waals surface area contributed by atoms with Crippen molar-refractivity contribution in [3.63, 3.8) is 0 Å². The molecule has 0 fully saturated rings. The smallest absolute Gasteiger partial charge is 0.0792 e. The van der Waals surface area contributed by atoms with Crippen molar-refractivity contribution in [1.82, 2.24) is 5.32 Å². The van der Waals surface area contributed by atoms with E-state index in [1.807, 2.05) is 0 Å². The first kappa shape index (κ1) is 16.0. The number of benzene rings is 2. The molecule has 0 aliphatic carbocycles. The van der Waals surface area contributed by atoms with Crippen LogP contribution in [0.15, 0.2) is 42.5 Å². The van der Waals surface area contributed by atoms with Gasteiger partial charge < -0.3 is 10.1 Å². The summed E-state index contributed by atoms with van der Waals surface area (Å²) in [6, 6.07) is 15.5. The lowest BCUT2D eigenvalue weighted by Crippen LogP contribution is -2.37. The fourth-order valence-electron chi connectivity index (χ4n) is 2.91. The van der Waals surface area contributed by atoms with E-state index in [1.165, 1.54) is 16.3 Å². The van der Waals surface area contributed by atoms with Gasteiger partial charge in [-0.15, -0.1) is 0 Å². The van der Waals surface area contributed by atoms with Gasteiger partial charge in [-0.3, -0.25) is 0 Å². The first-order chi connectivity index (χ1) is 10.2. The molecule has 0 saturated carbocycles. The molecule has 0 heterocycles. The van der Waals surface area contributed by atoms with Crippen molar-refractivity contribution >= 4 is 10.8 Å². The maximum atomic E-state index is 6.02. The van der Waals surface area contributed by atoms with E-state index >= 15 is 0 Å². The third-order valence-electron chi connectivity index (χ3n) is 3.90. The standard InChI is InChI=1S/C19H27NO/c1-5-20-18(19(14(3)4)21-6-2)17-12-11-15-9-7-8-10-16(15)13-17/h7-14,18-20H,5-6H2,1-4H3. The lowest BCUT2D eigenvalue weighted by Gasteiger charge is -2.31. The Morgan fingerprint density at radius 1 is 1.00 bits per heavy atom. The van der Waals surface area contributed by atoms with Gasteiger partial charge in [-0.05, 0) is 41.8 Å². The number of likely N-dealkylation sites (N-methyl/N-ethyl adjacent to an activating group) is 1. The fraction of sp³-hybridized carbons (Fsp3) is 0.474. The van der Waals surface area contributed by atoms with Crippen molar-refractivity contribution in [3.05, 3.63) is 48.0 Å². The van der Waals surface area contributed by atoms with E-state index in [0.717, 1.165) is 13.2 Å². The maximum absolute atomic E-state index is 6.02. The van der Waals surface area contributed by atoms with E-state index in [4.69, 9.17) is 4.74 Å². The van der Waals surface area contributed by atoms with Crippen LogP contribution in [0.25, 0.3) is 10.8 Å². The Morgan fingerprint density at radius 3 is 2.33 bits per heavy atom. The van der Waals surface area contributed by atoms with Crippen LogP contribution in [0, 0.1) is 5.92 Å². The summed E-state index contributed by atoms with van der Waals surface area (Å²) in [5.74, 6) is 0.473. The third-order valence-corrected chi connectivity index (χ3v) is 3.90. The van der Waals surface area contributed by atoms with E-state index in [-0.39, 0.29) is 12.1 Å². The molecule has 0 amide bonds. The molecule has 0 aliphatic heterocycles. The SMILES string of the molecule is CCNC(c1ccc2ccccc2c1)C(OCC)C(C)C. The maximum Gasteiger partial charge on any atom is 0.0792 e. The highest BCUT2D eigenvalue weighted by atomic mass is 16.5. The molecule has 2 unspecified atom stereocenters. The second-order valence-electron chi connectivity index (χ2n) is 5.81. The third kappa shape index (κ3) is 3.84. The van der Waals surface area contributed by atoms with E-state index in [1.54, 1.807) is 0 Å². The molecular formula is C19H27NO. The molecule has 2 rings (SSSR count). The summed E-state index contributed by atoms with van der Waals surface area (Å²) in [6.07, 6.45) is 0.191. The Balaban J connectivity index is 2.38. The van der Waals surface area contributed by atoms with Gasteiger partial charge in [-0.25, -0.2) is 0 Å². The molecule has 0 spiro atoms. The molecule has 2 atom stereocenters. The summed E-state index contributed by atoms with van der Waals surface area (Å²) < 4.78 is 6.02. The fourth-order valence-corrected chi connectivity index (χ4v) is 2.91. The van der Waals surface area contributed by atoms with Gasteiger partial charge in [0, 0.05) is 6.61 Å². The lowest BCUT2D eigenvalue weighted by molar-refractivity contribution is 0.00321. The van der Waals surface area contributed by atoms with Gasteiger partial charge >= 0.3 is 0 Å². The second kappa shape index (κ2) is 7.58. The van der Waals surface area contributed by atoms with E-state index in [2.05, 4.69) is 75.5 Å². The molecule has 2 aromatic carbocycles. The zero-order valence-electron chi connectivity index (χ0n) is 13.6. The molecule has 0 aromatic heterocycles. The quantitative estimate of drug-likeness (QED) is 0.805. The zero-order valence-corrected chi connectivity index (χ0v) is 13.6. The molecule has 0 bridgehead atoms. The van der Waals surface area contributed by atoms with Gasteiger partial charge in [0.15, 0.2) is 0 Å². The van der Waals surface area contributed by atoms with E-state index in [9.17, 15) is 0 Å². The largest absolute Gasteiger partial charge is 0.376 e. The molecule has 0 radical (unpaired) electrons. The topological polar surface area (TPSA) is 21.3 Å². The Bertz CT molecular complexity index is 564. The lowest BCUT2D eigenvalue weighted by atomic mass is 9.92. The average Bonchev–Trinajstić information content (AvgIpc) is 2.50. The van der Waals surface area contributed by atoms with Crippen LogP contribution in [-0.4, -0.2) is 19.3 Å². The number of hydrogen-bond acceptors (Lipinski definition) is 2. The second-order valence-corrected chi connectivity index (χ2v) is 5.81. The van der Waals surface area contributed by atoms with E-state index < -0.39 is 0 Å². The molecular weight excluding hydrogens is 258 g/mol. The monoisotopic (exact) mass is 285 g/mol. The van der Waals surface area contributed by atoms with Gasteiger partial charge in [0.2, 0.25) is 0 Å². The van der Waals surface area contributed by atoms with Crippen LogP contribution in [0.2, 0.25) is 0 Å². The minimum absolute atomic E-state index is 0.191. The molecule has 2 nitrogen and oxygen atoms in total. The van der Waals surface area contributed by atoms with Crippen molar-refractivity contribution in [2.24, 2.45) is 5.92 Å². The Hall–Kier alpha value is -1.38. The predicted octanol–water partition coefficient (Wildman–Crippen LogP) is 4.55.